The molecule has 0 fully saturated rings. The van der Waals surface area contributed by atoms with Crippen molar-refractivity contribution in [2.45, 2.75) is 64.3 Å². The van der Waals surface area contributed by atoms with E-state index in [-0.39, 0.29) is 18.4 Å². The molecular formula is C13H25NO4. The molecule has 106 valence electrons. The summed E-state index contributed by atoms with van der Waals surface area (Å²) in [6.07, 6.45) is 5.30. The van der Waals surface area contributed by atoms with Crippen molar-refractivity contribution in [3.8, 4) is 0 Å². The standard InChI is InChI=1S/C13H25NO4/c1-2-10-18-13(17)9-5-7-11(14)6-3-4-8-12(15)16/h11H,2-10,14H2,1H3,(H,15,16). The van der Waals surface area contributed by atoms with Gasteiger partial charge in [0.05, 0.1) is 6.61 Å². The molecule has 0 spiro atoms. The first kappa shape index (κ1) is 16.9. The second-order valence-electron chi connectivity index (χ2n) is 4.51. The Hall–Kier alpha value is -1.10. The molecule has 0 aromatic carbocycles. The van der Waals surface area contributed by atoms with E-state index in [2.05, 4.69) is 0 Å². The van der Waals surface area contributed by atoms with Gasteiger partial charge in [-0.05, 0) is 32.1 Å². The van der Waals surface area contributed by atoms with Crippen LogP contribution in [0.4, 0.5) is 0 Å². The summed E-state index contributed by atoms with van der Waals surface area (Å²) < 4.78 is 4.95. The van der Waals surface area contributed by atoms with E-state index in [0.717, 1.165) is 32.1 Å². The van der Waals surface area contributed by atoms with Crippen LogP contribution in [0.2, 0.25) is 0 Å². The number of hydrogen-bond donors (Lipinski definition) is 2. The number of esters is 1. The van der Waals surface area contributed by atoms with Crippen molar-refractivity contribution in [2.24, 2.45) is 5.73 Å². The van der Waals surface area contributed by atoms with E-state index < -0.39 is 5.97 Å². The first-order chi connectivity index (χ1) is 8.56. The van der Waals surface area contributed by atoms with Gasteiger partial charge in [-0.3, -0.25) is 9.59 Å². The maximum absolute atomic E-state index is 11.2. The number of carboxylic acids is 1. The SMILES string of the molecule is CCCOC(=O)CCCC(N)CCCCC(=O)O. The molecule has 0 amide bonds. The quantitative estimate of drug-likeness (QED) is 0.438. The van der Waals surface area contributed by atoms with Gasteiger partial charge in [-0.1, -0.05) is 13.3 Å². The summed E-state index contributed by atoms with van der Waals surface area (Å²) in [6, 6.07) is 0.0535. The van der Waals surface area contributed by atoms with E-state index in [9.17, 15) is 9.59 Å². The van der Waals surface area contributed by atoms with Crippen LogP contribution in [0.25, 0.3) is 0 Å². The largest absolute Gasteiger partial charge is 0.481 e. The highest BCUT2D eigenvalue weighted by molar-refractivity contribution is 5.69. The van der Waals surface area contributed by atoms with Crippen LogP contribution in [0.5, 0.6) is 0 Å². The second-order valence-corrected chi connectivity index (χ2v) is 4.51. The fourth-order valence-electron chi connectivity index (χ4n) is 1.62. The third kappa shape index (κ3) is 11.4. The van der Waals surface area contributed by atoms with Gasteiger partial charge < -0.3 is 15.6 Å². The summed E-state index contributed by atoms with van der Waals surface area (Å²) in [5.74, 6) is -0.919. The van der Waals surface area contributed by atoms with Crippen molar-refractivity contribution in [1.29, 1.82) is 0 Å². The molecule has 1 unspecified atom stereocenters. The minimum atomic E-state index is -0.762. The van der Waals surface area contributed by atoms with Crippen molar-refractivity contribution >= 4 is 11.9 Å². The van der Waals surface area contributed by atoms with E-state index in [0.29, 0.717) is 19.4 Å². The van der Waals surface area contributed by atoms with Crippen LogP contribution in [0.15, 0.2) is 0 Å². The molecule has 0 rings (SSSR count). The second kappa shape index (κ2) is 11.0. The highest BCUT2D eigenvalue weighted by atomic mass is 16.5. The summed E-state index contributed by atoms with van der Waals surface area (Å²) in [7, 11) is 0. The molecule has 1 atom stereocenters. The first-order valence-electron chi connectivity index (χ1n) is 6.69. The zero-order valence-electron chi connectivity index (χ0n) is 11.2. The zero-order chi connectivity index (χ0) is 13.8. The fourth-order valence-corrected chi connectivity index (χ4v) is 1.62. The topological polar surface area (TPSA) is 89.6 Å². The molecule has 5 heteroatoms. The average molecular weight is 259 g/mol. The Morgan fingerprint density at radius 3 is 2.44 bits per heavy atom. The van der Waals surface area contributed by atoms with Gasteiger partial charge >= 0.3 is 11.9 Å². The minimum Gasteiger partial charge on any atom is -0.481 e. The summed E-state index contributed by atoms with van der Waals surface area (Å²) in [5.41, 5.74) is 5.88. The maximum atomic E-state index is 11.2. The molecule has 0 saturated carbocycles. The number of hydrogen-bond acceptors (Lipinski definition) is 4. The highest BCUT2D eigenvalue weighted by Crippen LogP contribution is 2.08. The van der Waals surface area contributed by atoms with Gasteiger partial charge in [-0.2, -0.15) is 0 Å². The lowest BCUT2D eigenvalue weighted by atomic mass is 10.0. The third-order valence-corrected chi connectivity index (χ3v) is 2.64. The van der Waals surface area contributed by atoms with Crippen LogP contribution < -0.4 is 5.73 Å². The Bertz CT molecular complexity index is 243. The Balaban J connectivity index is 3.38. The summed E-state index contributed by atoms with van der Waals surface area (Å²) in [6.45, 7) is 2.44. The maximum Gasteiger partial charge on any atom is 0.305 e. The van der Waals surface area contributed by atoms with Gasteiger partial charge in [0.1, 0.15) is 0 Å². The molecule has 0 bridgehead atoms. The van der Waals surface area contributed by atoms with Gasteiger partial charge in [0.25, 0.3) is 0 Å². The predicted molar refractivity (Wildman–Crippen MR) is 69.2 cm³/mol. The summed E-state index contributed by atoms with van der Waals surface area (Å²) >= 11 is 0. The molecule has 0 aromatic heterocycles. The van der Waals surface area contributed by atoms with Crippen molar-refractivity contribution in [3.63, 3.8) is 0 Å². The van der Waals surface area contributed by atoms with E-state index in [4.69, 9.17) is 15.6 Å². The molecule has 0 aliphatic carbocycles. The number of ether oxygens (including phenoxy) is 1. The molecule has 0 radical (unpaired) electrons. The number of aliphatic carboxylic acids is 1. The van der Waals surface area contributed by atoms with E-state index in [1.165, 1.54) is 0 Å². The molecule has 0 aliphatic heterocycles. The van der Waals surface area contributed by atoms with Crippen LogP contribution in [0.1, 0.15) is 58.3 Å². The lowest BCUT2D eigenvalue weighted by molar-refractivity contribution is -0.143. The fraction of sp³-hybridized carbons (Fsp3) is 0.846. The Labute approximate surface area is 109 Å². The van der Waals surface area contributed by atoms with E-state index >= 15 is 0 Å². The highest BCUT2D eigenvalue weighted by Gasteiger charge is 2.06. The minimum absolute atomic E-state index is 0.0535. The van der Waals surface area contributed by atoms with Crippen molar-refractivity contribution in [2.75, 3.05) is 6.61 Å². The van der Waals surface area contributed by atoms with Crippen LogP contribution >= 0.6 is 0 Å². The van der Waals surface area contributed by atoms with Gasteiger partial charge in [-0.25, -0.2) is 0 Å². The molecule has 0 heterocycles. The zero-order valence-corrected chi connectivity index (χ0v) is 11.2. The van der Waals surface area contributed by atoms with Crippen molar-refractivity contribution in [3.05, 3.63) is 0 Å². The lowest BCUT2D eigenvalue weighted by Crippen LogP contribution is -2.20. The molecule has 18 heavy (non-hydrogen) atoms. The van der Waals surface area contributed by atoms with Crippen molar-refractivity contribution < 1.29 is 19.4 Å². The monoisotopic (exact) mass is 259 g/mol. The first-order valence-corrected chi connectivity index (χ1v) is 6.69. The van der Waals surface area contributed by atoms with E-state index in [1.54, 1.807) is 0 Å². The molecule has 0 saturated heterocycles. The number of unbranched alkanes of at least 4 members (excludes halogenated alkanes) is 1. The number of carbonyl (C=O) groups excluding carboxylic acids is 1. The van der Waals surface area contributed by atoms with Crippen LogP contribution in [-0.4, -0.2) is 29.7 Å². The predicted octanol–water partition coefficient (Wildman–Crippen LogP) is 2.08. The number of carboxylic acid groups (broad SMARTS) is 1. The molecule has 0 aromatic rings. The van der Waals surface area contributed by atoms with Crippen LogP contribution in [0, 0.1) is 0 Å². The van der Waals surface area contributed by atoms with Crippen molar-refractivity contribution in [1.82, 2.24) is 0 Å². The van der Waals surface area contributed by atoms with Gasteiger partial charge in [0.2, 0.25) is 0 Å². The summed E-state index contributed by atoms with van der Waals surface area (Å²) in [4.78, 5) is 21.5. The number of rotatable bonds is 11. The Morgan fingerprint density at radius 2 is 1.83 bits per heavy atom. The smallest absolute Gasteiger partial charge is 0.305 e. The average Bonchev–Trinajstić information content (AvgIpc) is 2.32. The van der Waals surface area contributed by atoms with Gasteiger partial charge in [0.15, 0.2) is 0 Å². The molecule has 3 N–H and O–H groups in total. The Morgan fingerprint density at radius 1 is 1.17 bits per heavy atom. The lowest BCUT2D eigenvalue weighted by Gasteiger charge is -2.10. The van der Waals surface area contributed by atoms with E-state index in [1.807, 2.05) is 6.92 Å². The van der Waals surface area contributed by atoms with Gasteiger partial charge in [-0.15, -0.1) is 0 Å². The Kier molecular flexibility index (Phi) is 10.3. The number of nitrogens with two attached hydrogens (primary N) is 1. The summed E-state index contributed by atoms with van der Waals surface area (Å²) in [5, 5.41) is 8.47. The molecule has 5 nitrogen and oxygen atoms in total. The third-order valence-electron chi connectivity index (χ3n) is 2.64. The van der Waals surface area contributed by atoms with Crippen LogP contribution in [0.3, 0.4) is 0 Å². The van der Waals surface area contributed by atoms with Crippen LogP contribution in [-0.2, 0) is 14.3 Å². The number of carbonyl (C=O) groups is 2. The molecule has 0 aliphatic rings. The molecular weight excluding hydrogens is 234 g/mol. The van der Waals surface area contributed by atoms with Gasteiger partial charge in [0, 0.05) is 18.9 Å². The normalized spacial score (nSPS) is 12.1.